The van der Waals surface area contributed by atoms with Gasteiger partial charge in [-0.1, -0.05) is 0 Å². The second-order valence-electron chi connectivity index (χ2n) is 5.89. The summed E-state index contributed by atoms with van der Waals surface area (Å²) in [5, 5.41) is 20.9. The molecule has 3 rings (SSSR count). The number of hydrogen-bond acceptors (Lipinski definition) is 4. The fourth-order valence-electron chi connectivity index (χ4n) is 3.28. The zero-order valence-electron chi connectivity index (χ0n) is 13.1. The van der Waals surface area contributed by atoms with Crippen LogP contribution in [-0.2, 0) is 12.1 Å². The molecule has 1 saturated heterocycles. The molecule has 2 aromatic rings. The maximum atomic E-state index is 12.8. The van der Waals surface area contributed by atoms with Gasteiger partial charge in [-0.3, -0.25) is 4.79 Å². The van der Waals surface area contributed by atoms with E-state index in [0.717, 1.165) is 17.9 Å². The molecule has 0 saturated carbocycles. The predicted octanol–water partition coefficient (Wildman–Crippen LogP) is 0.977. The number of hydrogen-bond donors (Lipinski definition) is 2. The molecule has 2 N–H and O–H groups in total. The first-order valence-corrected chi connectivity index (χ1v) is 7.51. The van der Waals surface area contributed by atoms with Crippen LogP contribution in [-0.4, -0.2) is 49.0 Å². The number of nitrogens with one attached hydrogen (secondary N) is 1. The monoisotopic (exact) mass is 303 g/mol. The Hall–Kier alpha value is -2.15. The average Bonchev–Trinajstić information content (AvgIpc) is 3.19. The van der Waals surface area contributed by atoms with Gasteiger partial charge in [0.15, 0.2) is 0 Å². The molecular formula is C15H21N5O2. The number of aryl methyl sites for hydroxylation is 1. The predicted molar refractivity (Wildman–Crippen MR) is 80.4 cm³/mol. The summed E-state index contributed by atoms with van der Waals surface area (Å²) in [6, 6.07) is 1.93. The molecular weight excluding hydrogens is 282 g/mol. The second-order valence-corrected chi connectivity index (χ2v) is 5.89. The van der Waals surface area contributed by atoms with Crippen molar-refractivity contribution >= 4 is 5.91 Å². The minimum atomic E-state index is -1.11. The lowest BCUT2D eigenvalue weighted by Crippen LogP contribution is -2.34. The lowest BCUT2D eigenvalue weighted by molar-refractivity contribution is 0.0382. The van der Waals surface area contributed by atoms with Crippen LogP contribution >= 0.6 is 0 Å². The molecule has 0 bridgehead atoms. The summed E-state index contributed by atoms with van der Waals surface area (Å²) in [6.45, 7) is 7.63. The van der Waals surface area contributed by atoms with Crippen LogP contribution in [0.1, 0.15) is 40.8 Å². The Kier molecular flexibility index (Phi) is 3.52. The van der Waals surface area contributed by atoms with Gasteiger partial charge >= 0.3 is 0 Å². The van der Waals surface area contributed by atoms with E-state index in [1.807, 2.05) is 19.9 Å². The zero-order chi connectivity index (χ0) is 15.9. The van der Waals surface area contributed by atoms with Gasteiger partial charge < -0.3 is 14.6 Å². The number of amides is 1. The smallest absolute Gasteiger partial charge is 0.255 e. The van der Waals surface area contributed by atoms with Crippen molar-refractivity contribution in [3.63, 3.8) is 0 Å². The third-order valence-electron chi connectivity index (χ3n) is 4.55. The highest BCUT2D eigenvalue weighted by Gasteiger charge is 2.42. The number of carbonyl (C=O) groups is 1. The molecule has 1 aliphatic heterocycles. The van der Waals surface area contributed by atoms with Crippen LogP contribution in [0, 0.1) is 13.8 Å². The summed E-state index contributed by atoms with van der Waals surface area (Å²) in [5.74, 6) is -0.0350. The highest BCUT2D eigenvalue weighted by atomic mass is 16.3. The Balaban J connectivity index is 1.83. The Morgan fingerprint density at radius 1 is 1.50 bits per heavy atom. The van der Waals surface area contributed by atoms with Gasteiger partial charge in [-0.15, -0.1) is 0 Å². The van der Waals surface area contributed by atoms with E-state index in [9.17, 15) is 9.90 Å². The van der Waals surface area contributed by atoms with Gasteiger partial charge in [0.25, 0.3) is 5.91 Å². The van der Waals surface area contributed by atoms with Gasteiger partial charge in [0.1, 0.15) is 11.3 Å². The number of rotatable bonds is 3. The van der Waals surface area contributed by atoms with E-state index in [0.29, 0.717) is 24.2 Å². The molecule has 1 atom stereocenters. The standard InChI is InChI=1S/C15H21N5O2/c1-4-20-10(2)7-12(11(20)3)14(21)19-6-5-15(22,9-19)13-8-16-18-17-13/h7-8,22H,4-6,9H2,1-3H3,(H,16,17,18). The normalized spacial score (nSPS) is 21.5. The molecule has 1 aliphatic rings. The number of β-amino-alcohol motifs (C(OH)–C–C–N with tert-alkyl or cyclic N) is 1. The molecule has 1 fully saturated rings. The first-order chi connectivity index (χ1) is 10.5. The van der Waals surface area contributed by atoms with E-state index < -0.39 is 5.60 Å². The summed E-state index contributed by atoms with van der Waals surface area (Å²) >= 11 is 0. The van der Waals surface area contributed by atoms with Gasteiger partial charge in [0.2, 0.25) is 0 Å². The minimum absolute atomic E-state index is 0.0350. The molecule has 1 amide bonds. The van der Waals surface area contributed by atoms with Crippen molar-refractivity contribution in [3.05, 3.63) is 34.9 Å². The van der Waals surface area contributed by atoms with E-state index in [1.165, 1.54) is 6.20 Å². The van der Waals surface area contributed by atoms with Gasteiger partial charge in [-0.05, 0) is 26.8 Å². The van der Waals surface area contributed by atoms with Gasteiger partial charge in [0, 0.05) is 30.9 Å². The number of likely N-dealkylation sites (tertiary alicyclic amines) is 1. The Labute approximate surface area is 128 Å². The van der Waals surface area contributed by atoms with Crippen LogP contribution in [0.4, 0.5) is 0 Å². The quantitative estimate of drug-likeness (QED) is 0.885. The minimum Gasteiger partial charge on any atom is -0.381 e. The van der Waals surface area contributed by atoms with Crippen LogP contribution in [0.2, 0.25) is 0 Å². The van der Waals surface area contributed by atoms with E-state index in [-0.39, 0.29) is 12.5 Å². The van der Waals surface area contributed by atoms with Crippen LogP contribution in [0.25, 0.3) is 0 Å². The highest BCUT2D eigenvalue weighted by Crippen LogP contribution is 2.31. The van der Waals surface area contributed by atoms with Crippen molar-refractivity contribution in [2.45, 2.75) is 39.3 Å². The number of aliphatic hydroxyl groups is 1. The van der Waals surface area contributed by atoms with Crippen LogP contribution in [0.3, 0.4) is 0 Å². The lowest BCUT2D eigenvalue weighted by Gasteiger charge is -2.21. The fraction of sp³-hybridized carbons (Fsp3) is 0.533. The number of carbonyl (C=O) groups excluding carboxylic acids is 1. The van der Waals surface area contributed by atoms with E-state index in [2.05, 4.69) is 26.9 Å². The Bertz CT molecular complexity index is 691. The molecule has 0 radical (unpaired) electrons. The maximum Gasteiger partial charge on any atom is 0.255 e. The SMILES string of the molecule is CCn1c(C)cc(C(=O)N2CCC(O)(c3cn[nH]n3)C2)c1C. The Morgan fingerprint density at radius 3 is 2.86 bits per heavy atom. The second kappa shape index (κ2) is 5.24. The topological polar surface area (TPSA) is 87.0 Å². The molecule has 0 aliphatic carbocycles. The van der Waals surface area contributed by atoms with Crippen LogP contribution in [0.5, 0.6) is 0 Å². The van der Waals surface area contributed by atoms with Crippen molar-refractivity contribution < 1.29 is 9.90 Å². The number of H-pyrrole nitrogens is 1. The van der Waals surface area contributed by atoms with Crippen LogP contribution in [0.15, 0.2) is 12.3 Å². The molecule has 1 unspecified atom stereocenters. The van der Waals surface area contributed by atoms with Crippen molar-refractivity contribution in [2.75, 3.05) is 13.1 Å². The first-order valence-electron chi connectivity index (χ1n) is 7.51. The van der Waals surface area contributed by atoms with Crippen molar-refractivity contribution in [1.29, 1.82) is 0 Å². The summed E-state index contributed by atoms with van der Waals surface area (Å²) in [4.78, 5) is 14.5. The first kappa shape index (κ1) is 14.8. The molecule has 2 aromatic heterocycles. The third kappa shape index (κ3) is 2.21. The zero-order valence-corrected chi connectivity index (χ0v) is 13.1. The van der Waals surface area contributed by atoms with Crippen LogP contribution < -0.4 is 0 Å². The molecule has 7 nitrogen and oxygen atoms in total. The van der Waals surface area contributed by atoms with E-state index in [4.69, 9.17) is 0 Å². The molecule has 3 heterocycles. The van der Waals surface area contributed by atoms with Crippen molar-refractivity contribution in [2.24, 2.45) is 0 Å². The number of aromatic nitrogens is 4. The van der Waals surface area contributed by atoms with E-state index >= 15 is 0 Å². The molecule has 0 aromatic carbocycles. The number of aromatic amines is 1. The summed E-state index contributed by atoms with van der Waals surface area (Å²) < 4.78 is 2.12. The van der Waals surface area contributed by atoms with Gasteiger partial charge in [0.05, 0.1) is 18.3 Å². The Morgan fingerprint density at radius 2 is 2.27 bits per heavy atom. The van der Waals surface area contributed by atoms with Crippen molar-refractivity contribution in [3.8, 4) is 0 Å². The maximum absolute atomic E-state index is 12.8. The average molecular weight is 303 g/mol. The molecule has 7 heteroatoms. The van der Waals surface area contributed by atoms with Gasteiger partial charge in [-0.25, -0.2) is 0 Å². The van der Waals surface area contributed by atoms with E-state index in [1.54, 1.807) is 4.90 Å². The van der Waals surface area contributed by atoms with Crippen molar-refractivity contribution in [1.82, 2.24) is 24.9 Å². The number of nitrogens with zero attached hydrogens (tertiary/aromatic N) is 4. The third-order valence-corrected chi connectivity index (χ3v) is 4.55. The summed E-state index contributed by atoms with van der Waals surface area (Å²) in [6.07, 6.45) is 1.98. The van der Waals surface area contributed by atoms with Gasteiger partial charge in [-0.2, -0.15) is 15.4 Å². The fourth-order valence-corrected chi connectivity index (χ4v) is 3.28. The summed E-state index contributed by atoms with van der Waals surface area (Å²) in [7, 11) is 0. The lowest BCUT2D eigenvalue weighted by atomic mass is 10.00. The molecule has 118 valence electrons. The summed E-state index contributed by atoms with van der Waals surface area (Å²) in [5.41, 5.74) is 2.14. The molecule has 22 heavy (non-hydrogen) atoms. The largest absolute Gasteiger partial charge is 0.381 e. The highest BCUT2D eigenvalue weighted by molar-refractivity contribution is 5.96. The molecule has 0 spiro atoms.